The molecule has 2 aliphatic rings. The van der Waals surface area contributed by atoms with E-state index in [0.29, 0.717) is 11.2 Å². The SMILES string of the molecule is Fc1ccc(NC(=S)NC2CC3CCC2C3)cc1. The van der Waals surface area contributed by atoms with Crippen LogP contribution in [0.2, 0.25) is 0 Å². The first-order chi connectivity index (χ1) is 8.70. The second-order valence-electron chi connectivity index (χ2n) is 5.39. The lowest BCUT2D eigenvalue weighted by Crippen LogP contribution is -2.40. The van der Waals surface area contributed by atoms with E-state index in [0.717, 1.165) is 17.5 Å². The Balaban J connectivity index is 1.54. The Labute approximate surface area is 112 Å². The fourth-order valence-electron chi connectivity index (χ4n) is 3.29. The van der Waals surface area contributed by atoms with Gasteiger partial charge in [-0.15, -0.1) is 0 Å². The highest BCUT2D eigenvalue weighted by Gasteiger charge is 2.39. The van der Waals surface area contributed by atoms with Gasteiger partial charge in [0.05, 0.1) is 0 Å². The number of hydrogen-bond donors (Lipinski definition) is 2. The van der Waals surface area contributed by atoms with E-state index in [1.807, 2.05) is 0 Å². The van der Waals surface area contributed by atoms with Crippen molar-refractivity contribution in [3.05, 3.63) is 30.1 Å². The number of rotatable bonds is 2. The van der Waals surface area contributed by atoms with E-state index in [4.69, 9.17) is 12.2 Å². The number of hydrogen-bond acceptors (Lipinski definition) is 1. The molecule has 2 fully saturated rings. The molecule has 0 radical (unpaired) electrons. The highest BCUT2D eigenvalue weighted by atomic mass is 32.1. The fourth-order valence-corrected chi connectivity index (χ4v) is 3.56. The molecule has 1 aromatic rings. The van der Waals surface area contributed by atoms with Gasteiger partial charge in [0, 0.05) is 11.7 Å². The van der Waals surface area contributed by atoms with Crippen molar-refractivity contribution >= 4 is 23.0 Å². The maximum atomic E-state index is 12.8. The van der Waals surface area contributed by atoms with Gasteiger partial charge in [-0.25, -0.2) is 4.39 Å². The van der Waals surface area contributed by atoms with Crippen molar-refractivity contribution in [1.82, 2.24) is 5.32 Å². The molecule has 0 heterocycles. The van der Waals surface area contributed by atoms with Gasteiger partial charge in [0.25, 0.3) is 0 Å². The molecule has 0 saturated heterocycles. The third-order valence-electron chi connectivity index (χ3n) is 4.16. The van der Waals surface area contributed by atoms with Crippen LogP contribution in [0, 0.1) is 17.7 Å². The molecule has 0 aromatic heterocycles. The Kier molecular flexibility index (Phi) is 3.20. The van der Waals surface area contributed by atoms with Crippen molar-refractivity contribution in [2.24, 2.45) is 11.8 Å². The van der Waals surface area contributed by atoms with Gasteiger partial charge in [-0.1, -0.05) is 6.42 Å². The minimum atomic E-state index is -0.229. The highest BCUT2D eigenvalue weighted by molar-refractivity contribution is 7.80. The Morgan fingerprint density at radius 1 is 1.17 bits per heavy atom. The first-order valence-electron chi connectivity index (χ1n) is 6.54. The standard InChI is InChI=1S/C14H17FN2S/c15-11-3-5-12(6-4-11)16-14(18)17-13-8-9-1-2-10(13)7-9/h3-6,9-10,13H,1-2,7-8H2,(H2,16,17,18). The first kappa shape index (κ1) is 11.9. The van der Waals surface area contributed by atoms with E-state index in [2.05, 4.69) is 10.6 Å². The fraction of sp³-hybridized carbons (Fsp3) is 0.500. The Morgan fingerprint density at radius 2 is 1.94 bits per heavy atom. The van der Waals surface area contributed by atoms with E-state index >= 15 is 0 Å². The summed E-state index contributed by atoms with van der Waals surface area (Å²) in [7, 11) is 0. The average Bonchev–Trinajstić information content (AvgIpc) is 2.94. The summed E-state index contributed by atoms with van der Waals surface area (Å²) in [5.74, 6) is 1.47. The third kappa shape index (κ3) is 2.48. The summed E-state index contributed by atoms with van der Waals surface area (Å²) >= 11 is 5.31. The Morgan fingerprint density at radius 3 is 2.56 bits per heavy atom. The van der Waals surface area contributed by atoms with Crippen LogP contribution in [-0.4, -0.2) is 11.2 Å². The Hall–Kier alpha value is -1.16. The predicted molar refractivity (Wildman–Crippen MR) is 75.0 cm³/mol. The number of nitrogens with one attached hydrogen (secondary N) is 2. The van der Waals surface area contributed by atoms with Gasteiger partial charge in [0.15, 0.2) is 5.11 Å². The molecular weight excluding hydrogens is 247 g/mol. The molecule has 0 amide bonds. The summed E-state index contributed by atoms with van der Waals surface area (Å²) in [6.45, 7) is 0. The summed E-state index contributed by atoms with van der Waals surface area (Å²) in [6.07, 6.45) is 5.33. The molecule has 3 atom stereocenters. The first-order valence-corrected chi connectivity index (χ1v) is 6.94. The van der Waals surface area contributed by atoms with Crippen molar-refractivity contribution in [2.45, 2.75) is 31.7 Å². The smallest absolute Gasteiger partial charge is 0.171 e. The van der Waals surface area contributed by atoms with Gasteiger partial charge in [0.1, 0.15) is 5.82 Å². The zero-order valence-corrected chi connectivity index (χ0v) is 11.0. The molecule has 2 N–H and O–H groups in total. The largest absolute Gasteiger partial charge is 0.359 e. The number of anilines is 1. The summed E-state index contributed by atoms with van der Waals surface area (Å²) in [5.41, 5.74) is 0.831. The van der Waals surface area contributed by atoms with Gasteiger partial charge >= 0.3 is 0 Å². The second-order valence-corrected chi connectivity index (χ2v) is 5.79. The second kappa shape index (κ2) is 4.84. The molecule has 0 spiro atoms. The summed E-state index contributed by atoms with van der Waals surface area (Å²) in [4.78, 5) is 0. The molecule has 2 nitrogen and oxygen atoms in total. The van der Waals surface area contributed by atoms with Crippen LogP contribution < -0.4 is 10.6 Å². The van der Waals surface area contributed by atoms with E-state index in [1.54, 1.807) is 12.1 Å². The molecule has 1 aromatic carbocycles. The third-order valence-corrected chi connectivity index (χ3v) is 4.38. The molecule has 96 valence electrons. The van der Waals surface area contributed by atoms with Crippen LogP contribution in [0.15, 0.2) is 24.3 Å². The maximum absolute atomic E-state index is 12.8. The van der Waals surface area contributed by atoms with Crippen LogP contribution in [-0.2, 0) is 0 Å². The van der Waals surface area contributed by atoms with Crippen molar-refractivity contribution in [2.75, 3.05) is 5.32 Å². The van der Waals surface area contributed by atoms with Crippen molar-refractivity contribution in [1.29, 1.82) is 0 Å². The monoisotopic (exact) mass is 264 g/mol. The van der Waals surface area contributed by atoms with E-state index < -0.39 is 0 Å². The number of fused-ring (bicyclic) bond motifs is 2. The zero-order chi connectivity index (χ0) is 12.5. The van der Waals surface area contributed by atoms with Crippen LogP contribution >= 0.6 is 12.2 Å². The normalized spacial score (nSPS) is 29.3. The van der Waals surface area contributed by atoms with Crippen molar-refractivity contribution < 1.29 is 4.39 Å². The molecule has 2 aliphatic carbocycles. The molecule has 18 heavy (non-hydrogen) atoms. The molecule has 2 bridgehead atoms. The summed E-state index contributed by atoms with van der Waals surface area (Å²) < 4.78 is 12.8. The van der Waals surface area contributed by atoms with Gasteiger partial charge in [0.2, 0.25) is 0 Å². The zero-order valence-electron chi connectivity index (χ0n) is 10.2. The van der Waals surface area contributed by atoms with E-state index in [9.17, 15) is 4.39 Å². The molecular formula is C14H17FN2S. The van der Waals surface area contributed by atoms with Gasteiger partial charge in [-0.2, -0.15) is 0 Å². The topological polar surface area (TPSA) is 24.1 Å². The minimum Gasteiger partial charge on any atom is -0.359 e. The van der Waals surface area contributed by atoms with E-state index in [1.165, 1.54) is 37.8 Å². The molecule has 3 rings (SSSR count). The number of thiocarbonyl (C=S) groups is 1. The van der Waals surface area contributed by atoms with Crippen molar-refractivity contribution in [3.63, 3.8) is 0 Å². The van der Waals surface area contributed by atoms with Gasteiger partial charge in [-0.05, 0) is 67.6 Å². The lowest BCUT2D eigenvalue weighted by Gasteiger charge is -2.24. The Bertz CT molecular complexity index is 446. The molecule has 4 heteroatoms. The lowest BCUT2D eigenvalue weighted by atomic mass is 9.96. The quantitative estimate of drug-likeness (QED) is 0.801. The summed E-state index contributed by atoms with van der Waals surface area (Å²) in [6, 6.07) is 6.79. The molecule has 2 saturated carbocycles. The average molecular weight is 264 g/mol. The summed E-state index contributed by atoms with van der Waals surface area (Å²) in [5, 5.41) is 7.16. The van der Waals surface area contributed by atoms with Crippen LogP contribution in [0.1, 0.15) is 25.7 Å². The predicted octanol–water partition coefficient (Wildman–Crippen LogP) is 3.30. The highest BCUT2D eigenvalue weighted by Crippen LogP contribution is 2.44. The molecule has 3 unspecified atom stereocenters. The van der Waals surface area contributed by atoms with Crippen LogP contribution in [0.25, 0.3) is 0 Å². The minimum absolute atomic E-state index is 0.229. The lowest BCUT2D eigenvalue weighted by molar-refractivity contribution is 0.392. The maximum Gasteiger partial charge on any atom is 0.171 e. The van der Waals surface area contributed by atoms with E-state index in [-0.39, 0.29) is 5.82 Å². The van der Waals surface area contributed by atoms with Crippen molar-refractivity contribution in [3.8, 4) is 0 Å². The number of benzene rings is 1. The number of halogens is 1. The van der Waals surface area contributed by atoms with Crippen LogP contribution in [0.3, 0.4) is 0 Å². The van der Waals surface area contributed by atoms with Gasteiger partial charge < -0.3 is 10.6 Å². The molecule has 0 aliphatic heterocycles. The van der Waals surface area contributed by atoms with Crippen LogP contribution in [0.5, 0.6) is 0 Å². The van der Waals surface area contributed by atoms with Crippen LogP contribution in [0.4, 0.5) is 10.1 Å². The van der Waals surface area contributed by atoms with Gasteiger partial charge in [-0.3, -0.25) is 0 Å².